The Labute approximate surface area is 121 Å². The van der Waals surface area contributed by atoms with Crippen LogP contribution >= 0.6 is 27.7 Å². The lowest BCUT2D eigenvalue weighted by Crippen LogP contribution is -2.33. The molecule has 0 amide bonds. The molecule has 0 bridgehead atoms. The van der Waals surface area contributed by atoms with E-state index >= 15 is 0 Å². The highest BCUT2D eigenvalue weighted by molar-refractivity contribution is 9.10. The summed E-state index contributed by atoms with van der Waals surface area (Å²) in [6.45, 7) is 3.92. The van der Waals surface area contributed by atoms with Crippen LogP contribution in [0, 0.1) is 0 Å². The molecule has 1 aromatic carbocycles. The monoisotopic (exact) mass is 327 g/mol. The van der Waals surface area contributed by atoms with Crippen LogP contribution in [0.25, 0.3) is 0 Å². The molecule has 18 heavy (non-hydrogen) atoms. The molecule has 1 aromatic rings. The van der Waals surface area contributed by atoms with Gasteiger partial charge in [-0.1, -0.05) is 19.1 Å². The van der Waals surface area contributed by atoms with Crippen LogP contribution in [-0.4, -0.2) is 24.9 Å². The normalized spacial score (nSPS) is 16.2. The van der Waals surface area contributed by atoms with Crippen molar-refractivity contribution in [3.8, 4) is 0 Å². The van der Waals surface area contributed by atoms with Crippen molar-refractivity contribution in [2.24, 2.45) is 0 Å². The van der Waals surface area contributed by atoms with E-state index in [-0.39, 0.29) is 0 Å². The first kappa shape index (κ1) is 14.0. The van der Waals surface area contributed by atoms with Gasteiger partial charge in [0.1, 0.15) is 5.76 Å². The predicted octanol–water partition coefficient (Wildman–Crippen LogP) is 3.82. The Balaban J connectivity index is 1.95. The van der Waals surface area contributed by atoms with Crippen LogP contribution in [-0.2, 0) is 4.74 Å². The molecule has 0 spiro atoms. The van der Waals surface area contributed by atoms with Crippen LogP contribution in [0.2, 0.25) is 0 Å². The number of halogens is 1. The number of ether oxygens (including phenoxy) is 1. The second-order valence-corrected chi connectivity index (χ2v) is 6.01. The summed E-state index contributed by atoms with van der Waals surface area (Å²) in [7, 11) is 0. The van der Waals surface area contributed by atoms with Crippen molar-refractivity contribution < 1.29 is 4.74 Å². The van der Waals surface area contributed by atoms with Gasteiger partial charge in [-0.15, -0.1) is 11.8 Å². The lowest BCUT2D eigenvalue weighted by atomic mass is 10.2. The molecule has 0 aromatic heterocycles. The average molecular weight is 328 g/mol. The quantitative estimate of drug-likeness (QED) is 0.802. The maximum absolute atomic E-state index is 5.66. The van der Waals surface area contributed by atoms with E-state index in [4.69, 9.17) is 4.74 Å². The summed E-state index contributed by atoms with van der Waals surface area (Å²) >= 11 is 5.43. The molecule has 0 radical (unpaired) electrons. The van der Waals surface area contributed by atoms with Crippen molar-refractivity contribution in [3.05, 3.63) is 40.6 Å². The van der Waals surface area contributed by atoms with Gasteiger partial charge in [-0.3, -0.25) is 0 Å². The summed E-state index contributed by atoms with van der Waals surface area (Å²) in [5.74, 6) is 2.10. The topological polar surface area (TPSA) is 21.3 Å². The van der Waals surface area contributed by atoms with E-state index in [0.29, 0.717) is 6.04 Å². The fourth-order valence-electron chi connectivity index (χ4n) is 1.90. The zero-order valence-electron chi connectivity index (χ0n) is 10.5. The minimum absolute atomic E-state index is 0.314. The fourth-order valence-corrected chi connectivity index (χ4v) is 3.54. The lowest BCUT2D eigenvalue weighted by Gasteiger charge is -2.19. The number of hydrogen-bond acceptors (Lipinski definition) is 3. The molecule has 2 nitrogen and oxygen atoms in total. The summed E-state index contributed by atoms with van der Waals surface area (Å²) < 4.78 is 6.82. The molecule has 1 N–H and O–H groups in total. The molecular weight excluding hydrogens is 310 g/mol. The fraction of sp³-hybridized carbons (Fsp3) is 0.429. The molecule has 1 unspecified atom stereocenters. The van der Waals surface area contributed by atoms with Crippen molar-refractivity contribution in [1.29, 1.82) is 0 Å². The van der Waals surface area contributed by atoms with E-state index in [0.717, 1.165) is 35.6 Å². The third-order valence-corrected chi connectivity index (χ3v) is 4.89. The van der Waals surface area contributed by atoms with Gasteiger partial charge in [-0.2, -0.15) is 0 Å². The van der Waals surface area contributed by atoms with Gasteiger partial charge in [0.2, 0.25) is 0 Å². The smallest absolute Gasteiger partial charge is 0.110 e. The number of benzene rings is 1. The van der Waals surface area contributed by atoms with Crippen LogP contribution in [0.5, 0.6) is 0 Å². The maximum atomic E-state index is 5.66. The first-order valence-electron chi connectivity index (χ1n) is 6.25. The Morgan fingerprint density at radius 1 is 1.44 bits per heavy atom. The number of likely N-dealkylation sites (N-methyl/N-ethyl adjacent to an activating group) is 1. The molecule has 1 heterocycles. The molecule has 0 aliphatic carbocycles. The van der Waals surface area contributed by atoms with Gasteiger partial charge in [0, 0.05) is 21.5 Å². The van der Waals surface area contributed by atoms with Crippen LogP contribution in [0.3, 0.4) is 0 Å². The molecule has 1 aliphatic heterocycles. The summed E-state index contributed by atoms with van der Waals surface area (Å²) in [6.07, 6.45) is 3.24. The van der Waals surface area contributed by atoms with Crippen molar-refractivity contribution in [1.82, 2.24) is 5.32 Å². The third-order valence-electron chi connectivity index (χ3n) is 2.77. The van der Waals surface area contributed by atoms with Crippen molar-refractivity contribution in [2.75, 3.05) is 18.9 Å². The van der Waals surface area contributed by atoms with E-state index in [1.54, 1.807) is 0 Å². The van der Waals surface area contributed by atoms with Gasteiger partial charge >= 0.3 is 0 Å². The second kappa shape index (κ2) is 7.22. The lowest BCUT2D eigenvalue weighted by molar-refractivity contribution is 0.220. The maximum Gasteiger partial charge on any atom is 0.110 e. The largest absolute Gasteiger partial charge is 0.496 e. The Morgan fingerprint density at radius 3 is 2.94 bits per heavy atom. The zero-order chi connectivity index (χ0) is 12.8. The summed E-state index contributed by atoms with van der Waals surface area (Å²) in [5.41, 5.74) is 0. The van der Waals surface area contributed by atoms with E-state index in [1.165, 1.54) is 4.90 Å². The summed E-state index contributed by atoms with van der Waals surface area (Å²) in [4.78, 5) is 1.28. The predicted molar refractivity (Wildman–Crippen MR) is 81.0 cm³/mol. The molecule has 98 valence electrons. The molecule has 1 aliphatic rings. The molecule has 0 saturated carbocycles. The summed E-state index contributed by atoms with van der Waals surface area (Å²) in [5, 5.41) is 3.48. The van der Waals surface area contributed by atoms with Gasteiger partial charge in [-0.05, 0) is 40.7 Å². The molecular formula is C14H18BrNOS. The zero-order valence-corrected chi connectivity index (χ0v) is 12.9. The molecule has 2 rings (SSSR count). The van der Waals surface area contributed by atoms with Crippen LogP contribution in [0.4, 0.5) is 0 Å². The van der Waals surface area contributed by atoms with Gasteiger partial charge in [-0.25, -0.2) is 0 Å². The molecule has 0 saturated heterocycles. The minimum atomic E-state index is 0.314. The number of thioether (sulfide) groups is 1. The van der Waals surface area contributed by atoms with Crippen LogP contribution in [0.1, 0.15) is 13.3 Å². The highest BCUT2D eigenvalue weighted by Gasteiger charge is 2.18. The Hall–Kier alpha value is -0.450. The van der Waals surface area contributed by atoms with Gasteiger partial charge < -0.3 is 10.1 Å². The van der Waals surface area contributed by atoms with E-state index < -0.39 is 0 Å². The first-order valence-corrected chi connectivity index (χ1v) is 8.02. The Morgan fingerprint density at radius 2 is 2.28 bits per heavy atom. The van der Waals surface area contributed by atoms with Crippen LogP contribution < -0.4 is 5.32 Å². The number of rotatable bonds is 6. The third kappa shape index (κ3) is 3.77. The van der Waals surface area contributed by atoms with E-state index in [1.807, 2.05) is 17.8 Å². The van der Waals surface area contributed by atoms with Crippen molar-refractivity contribution in [3.63, 3.8) is 0 Å². The first-order chi connectivity index (χ1) is 8.81. The Bertz CT molecular complexity index is 422. The standard InChI is InChI=1S/C14H18BrNOS/c1-2-16-12(13-7-5-9-17-13)10-18-14-8-4-3-6-11(14)15/h3-4,6-8,12,16H,2,5,9-10H2,1H3. The average Bonchev–Trinajstić information content (AvgIpc) is 2.90. The van der Waals surface area contributed by atoms with Crippen molar-refractivity contribution >= 4 is 27.7 Å². The molecule has 4 heteroatoms. The van der Waals surface area contributed by atoms with Gasteiger partial charge in [0.25, 0.3) is 0 Å². The second-order valence-electron chi connectivity index (χ2n) is 4.10. The summed E-state index contributed by atoms with van der Waals surface area (Å²) in [6, 6.07) is 8.64. The Kier molecular flexibility index (Phi) is 5.60. The minimum Gasteiger partial charge on any atom is -0.496 e. The number of nitrogens with one attached hydrogen (secondary N) is 1. The SMILES string of the molecule is CCNC(CSc1ccccc1Br)C1=CCCO1. The van der Waals surface area contributed by atoms with E-state index in [2.05, 4.69) is 52.4 Å². The molecule has 0 fully saturated rings. The highest BCUT2D eigenvalue weighted by atomic mass is 79.9. The van der Waals surface area contributed by atoms with Crippen molar-refractivity contribution in [2.45, 2.75) is 24.3 Å². The highest BCUT2D eigenvalue weighted by Crippen LogP contribution is 2.29. The van der Waals surface area contributed by atoms with Crippen LogP contribution in [0.15, 0.2) is 45.5 Å². The number of hydrogen-bond donors (Lipinski definition) is 1. The van der Waals surface area contributed by atoms with Gasteiger partial charge in [0.15, 0.2) is 0 Å². The molecule has 1 atom stereocenters. The van der Waals surface area contributed by atoms with Gasteiger partial charge in [0.05, 0.1) is 12.6 Å². The van der Waals surface area contributed by atoms with E-state index in [9.17, 15) is 0 Å².